The highest BCUT2D eigenvalue weighted by Crippen LogP contribution is 2.43. The second kappa shape index (κ2) is 9.19. The Hall–Kier alpha value is -3.08. The monoisotopic (exact) mass is 433 g/mol. The highest BCUT2D eigenvalue weighted by Gasteiger charge is 2.48. The number of aryl methyl sites for hydroxylation is 1. The van der Waals surface area contributed by atoms with E-state index in [0.717, 1.165) is 43.2 Å². The lowest BCUT2D eigenvalue weighted by Crippen LogP contribution is -2.40. The number of carbonyl (C=O) groups excluding carboxylic acids is 2. The number of ketones is 1. The molecule has 168 valence electrons. The van der Waals surface area contributed by atoms with E-state index in [9.17, 15) is 14.7 Å². The molecule has 1 saturated heterocycles. The fraction of sp³-hybridized carbons (Fsp3) is 0.407. The molecule has 1 N–H and O–H groups in total. The molecule has 0 radical (unpaired) electrons. The zero-order chi connectivity index (χ0) is 22.8. The summed E-state index contributed by atoms with van der Waals surface area (Å²) in [6.45, 7) is 5.85. The molecule has 0 aromatic heterocycles. The quantitative estimate of drug-likeness (QED) is 0.382. The number of amides is 1. The van der Waals surface area contributed by atoms with Crippen LogP contribution in [0, 0.1) is 6.92 Å². The van der Waals surface area contributed by atoms with Crippen molar-refractivity contribution in [2.75, 3.05) is 0 Å². The van der Waals surface area contributed by atoms with E-state index in [1.54, 1.807) is 23.1 Å². The maximum Gasteiger partial charge on any atom is 0.295 e. The van der Waals surface area contributed by atoms with Gasteiger partial charge in [0.15, 0.2) is 0 Å². The number of aliphatic hydroxyl groups is 1. The SMILES string of the molecule is Cc1cccc(C2/C(=C(/O)c3cccc(OC(C)C)c3)C(=O)C(=O)N2C2CCCCC2)c1. The maximum atomic E-state index is 13.3. The Morgan fingerprint density at radius 2 is 1.75 bits per heavy atom. The molecule has 32 heavy (non-hydrogen) atoms. The minimum Gasteiger partial charge on any atom is -0.507 e. The zero-order valence-corrected chi connectivity index (χ0v) is 19.0. The van der Waals surface area contributed by atoms with Crippen LogP contribution in [0.15, 0.2) is 54.1 Å². The first-order chi connectivity index (χ1) is 15.4. The molecular weight excluding hydrogens is 402 g/mol. The largest absolute Gasteiger partial charge is 0.507 e. The molecule has 0 bridgehead atoms. The Morgan fingerprint density at radius 1 is 1.03 bits per heavy atom. The minimum atomic E-state index is -0.616. The van der Waals surface area contributed by atoms with Gasteiger partial charge in [0.05, 0.1) is 17.7 Å². The van der Waals surface area contributed by atoms with E-state index in [1.165, 1.54) is 0 Å². The van der Waals surface area contributed by atoms with Gasteiger partial charge in [-0.3, -0.25) is 9.59 Å². The standard InChI is InChI=1S/C27H31NO4/c1-17(2)32-22-14-8-11-20(16-22)25(29)23-24(19-10-7-9-18(3)15-19)28(27(31)26(23)30)21-12-5-4-6-13-21/h7-11,14-17,21,24,29H,4-6,12-13H2,1-3H3/b25-23-. The molecule has 1 aliphatic heterocycles. The summed E-state index contributed by atoms with van der Waals surface area (Å²) < 4.78 is 5.76. The Bertz CT molecular complexity index is 1050. The second-order valence-corrected chi connectivity index (χ2v) is 9.11. The number of Topliss-reactive ketones (excluding diaryl/α,β-unsaturated/α-hetero) is 1. The Labute approximate surface area is 189 Å². The summed E-state index contributed by atoms with van der Waals surface area (Å²) in [6, 6.07) is 14.3. The number of aliphatic hydroxyl groups excluding tert-OH is 1. The van der Waals surface area contributed by atoms with E-state index in [1.807, 2.05) is 51.1 Å². The maximum absolute atomic E-state index is 13.3. The first kappa shape index (κ1) is 22.1. The van der Waals surface area contributed by atoms with Crippen molar-refractivity contribution >= 4 is 17.4 Å². The topological polar surface area (TPSA) is 66.8 Å². The van der Waals surface area contributed by atoms with Gasteiger partial charge < -0.3 is 14.7 Å². The van der Waals surface area contributed by atoms with E-state index in [4.69, 9.17) is 4.74 Å². The minimum absolute atomic E-state index is 0.00613. The van der Waals surface area contributed by atoms with E-state index in [0.29, 0.717) is 11.3 Å². The van der Waals surface area contributed by atoms with Crippen molar-refractivity contribution in [1.82, 2.24) is 4.90 Å². The third-order valence-electron chi connectivity index (χ3n) is 6.29. The highest BCUT2D eigenvalue weighted by molar-refractivity contribution is 6.46. The Morgan fingerprint density at radius 3 is 2.44 bits per heavy atom. The van der Waals surface area contributed by atoms with Gasteiger partial charge in [0.2, 0.25) is 0 Å². The third-order valence-corrected chi connectivity index (χ3v) is 6.29. The molecular formula is C27H31NO4. The van der Waals surface area contributed by atoms with E-state index in [2.05, 4.69) is 0 Å². The molecule has 2 aromatic carbocycles. The van der Waals surface area contributed by atoms with Crippen molar-refractivity contribution in [2.24, 2.45) is 0 Å². The summed E-state index contributed by atoms with van der Waals surface area (Å²) in [5.74, 6) is -0.672. The molecule has 0 spiro atoms. The highest BCUT2D eigenvalue weighted by atomic mass is 16.5. The number of likely N-dealkylation sites (tertiary alicyclic amines) is 1. The van der Waals surface area contributed by atoms with Gasteiger partial charge in [0.25, 0.3) is 11.7 Å². The predicted molar refractivity (Wildman–Crippen MR) is 124 cm³/mol. The lowest BCUT2D eigenvalue weighted by molar-refractivity contribution is -0.141. The van der Waals surface area contributed by atoms with Gasteiger partial charge in [-0.1, -0.05) is 61.2 Å². The van der Waals surface area contributed by atoms with Gasteiger partial charge in [0, 0.05) is 11.6 Å². The smallest absolute Gasteiger partial charge is 0.295 e. The van der Waals surface area contributed by atoms with Crippen LogP contribution in [0.25, 0.3) is 5.76 Å². The molecule has 2 fully saturated rings. The van der Waals surface area contributed by atoms with Crippen LogP contribution in [0.1, 0.15) is 68.7 Å². The van der Waals surface area contributed by atoms with Gasteiger partial charge in [-0.25, -0.2) is 0 Å². The fourth-order valence-electron chi connectivity index (χ4n) is 4.90. The molecule has 5 heteroatoms. The van der Waals surface area contributed by atoms with Crippen molar-refractivity contribution < 1.29 is 19.4 Å². The number of carbonyl (C=O) groups is 2. The van der Waals surface area contributed by atoms with Gasteiger partial charge in [-0.15, -0.1) is 0 Å². The number of benzene rings is 2. The summed E-state index contributed by atoms with van der Waals surface area (Å²) in [7, 11) is 0. The van der Waals surface area contributed by atoms with Crippen LogP contribution in [0.4, 0.5) is 0 Å². The molecule has 2 aliphatic rings. The Kier molecular flexibility index (Phi) is 6.35. The van der Waals surface area contributed by atoms with Crippen molar-refractivity contribution in [1.29, 1.82) is 0 Å². The molecule has 1 heterocycles. The molecule has 1 aliphatic carbocycles. The van der Waals surface area contributed by atoms with Gasteiger partial charge in [-0.05, 0) is 51.3 Å². The van der Waals surface area contributed by atoms with Crippen LogP contribution in [-0.4, -0.2) is 33.8 Å². The molecule has 1 amide bonds. The third kappa shape index (κ3) is 4.29. The van der Waals surface area contributed by atoms with Crippen molar-refractivity contribution in [3.8, 4) is 5.75 Å². The van der Waals surface area contributed by atoms with Crippen LogP contribution in [-0.2, 0) is 9.59 Å². The average Bonchev–Trinajstić information content (AvgIpc) is 3.04. The van der Waals surface area contributed by atoms with Crippen LogP contribution >= 0.6 is 0 Å². The Balaban J connectivity index is 1.84. The fourth-order valence-corrected chi connectivity index (χ4v) is 4.90. The number of hydrogen-bond acceptors (Lipinski definition) is 4. The van der Waals surface area contributed by atoms with Crippen molar-refractivity contribution in [3.63, 3.8) is 0 Å². The van der Waals surface area contributed by atoms with E-state index >= 15 is 0 Å². The molecule has 4 rings (SSSR count). The normalized spacial score (nSPS) is 21.4. The number of hydrogen-bond donors (Lipinski definition) is 1. The van der Waals surface area contributed by atoms with Crippen molar-refractivity contribution in [3.05, 3.63) is 70.8 Å². The number of ether oxygens (including phenoxy) is 1. The summed E-state index contributed by atoms with van der Waals surface area (Å²) in [5, 5.41) is 11.3. The summed E-state index contributed by atoms with van der Waals surface area (Å²) >= 11 is 0. The molecule has 1 saturated carbocycles. The zero-order valence-electron chi connectivity index (χ0n) is 19.0. The molecule has 5 nitrogen and oxygen atoms in total. The van der Waals surface area contributed by atoms with Crippen LogP contribution < -0.4 is 4.74 Å². The summed E-state index contributed by atoms with van der Waals surface area (Å²) in [6.07, 6.45) is 4.99. The molecule has 1 atom stereocenters. The summed E-state index contributed by atoms with van der Waals surface area (Å²) in [5.41, 5.74) is 2.53. The lowest BCUT2D eigenvalue weighted by Gasteiger charge is -2.35. The van der Waals surface area contributed by atoms with Crippen LogP contribution in [0.2, 0.25) is 0 Å². The first-order valence-electron chi connectivity index (χ1n) is 11.5. The van der Waals surface area contributed by atoms with Gasteiger partial charge >= 0.3 is 0 Å². The van der Waals surface area contributed by atoms with Gasteiger partial charge in [0.1, 0.15) is 11.5 Å². The lowest BCUT2D eigenvalue weighted by atomic mass is 9.90. The number of nitrogens with zero attached hydrogens (tertiary/aromatic N) is 1. The first-order valence-corrected chi connectivity index (χ1v) is 11.5. The van der Waals surface area contributed by atoms with Crippen molar-refractivity contribution in [2.45, 2.75) is 71.1 Å². The van der Waals surface area contributed by atoms with E-state index in [-0.39, 0.29) is 23.5 Å². The van der Waals surface area contributed by atoms with Crippen LogP contribution in [0.5, 0.6) is 5.75 Å². The number of rotatable bonds is 5. The molecule has 1 unspecified atom stereocenters. The van der Waals surface area contributed by atoms with Crippen LogP contribution in [0.3, 0.4) is 0 Å². The molecule has 2 aromatic rings. The second-order valence-electron chi connectivity index (χ2n) is 9.11. The average molecular weight is 434 g/mol. The summed E-state index contributed by atoms with van der Waals surface area (Å²) in [4.78, 5) is 28.2. The van der Waals surface area contributed by atoms with Gasteiger partial charge in [-0.2, -0.15) is 0 Å². The van der Waals surface area contributed by atoms with E-state index < -0.39 is 17.7 Å². The predicted octanol–water partition coefficient (Wildman–Crippen LogP) is 5.54.